The Morgan fingerprint density at radius 2 is 1.93 bits per heavy atom. The highest BCUT2D eigenvalue weighted by molar-refractivity contribution is 9.10. The number of benzene rings is 2. The predicted octanol–water partition coefficient (Wildman–Crippen LogP) is 4.27. The SMILES string of the molecule is COc1cc(C(C)=O)ccc1OCCCC(=O)NCc1ccc(Br)cc1F. The standard InChI is InChI=1S/C20H21BrFNO4/c1-13(24)14-6-8-18(19(10-14)26-2)27-9-3-4-20(25)23-12-15-5-7-16(21)11-17(15)22/h5-8,10-11H,3-4,9,12H2,1-2H3,(H,23,25). The number of rotatable bonds is 9. The molecule has 1 amide bonds. The molecule has 0 unspecified atom stereocenters. The third-order valence-corrected chi connectivity index (χ3v) is 4.36. The summed E-state index contributed by atoms with van der Waals surface area (Å²) in [6.07, 6.45) is 0.748. The third kappa shape index (κ3) is 6.36. The summed E-state index contributed by atoms with van der Waals surface area (Å²) < 4.78 is 25.2. The lowest BCUT2D eigenvalue weighted by molar-refractivity contribution is -0.121. The molecule has 0 fully saturated rings. The minimum atomic E-state index is -0.367. The zero-order valence-corrected chi connectivity index (χ0v) is 16.8. The summed E-state index contributed by atoms with van der Waals surface area (Å²) >= 11 is 3.19. The molecule has 0 aliphatic heterocycles. The van der Waals surface area contributed by atoms with Gasteiger partial charge in [-0.25, -0.2) is 4.39 Å². The summed E-state index contributed by atoms with van der Waals surface area (Å²) in [5.41, 5.74) is 0.969. The number of amides is 1. The molecule has 2 aromatic carbocycles. The highest BCUT2D eigenvalue weighted by Gasteiger charge is 2.09. The molecule has 0 heterocycles. The van der Waals surface area contributed by atoms with Crippen LogP contribution in [0.15, 0.2) is 40.9 Å². The predicted molar refractivity (Wildman–Crippen MR) is 104 cm³/mol. The molecule has 144 valence electrons. The molecule has 7 heteroatoms. The van der Waals surface area contributed by atoms with Gasteiger partial charge in [0.1, 0.15) is 5.82 Å². The van der Waals surface area contributed by atoms with Crippen LogP contribution in [0.25, 0.3) is 0 Å². The maximum atomic E-state index is 13.7. The Kier molecular flexibility index (Phi) is 7.79. The van der Waals surface area contributed by atoms with E-state index in [0.717, 1.165) is 0 Å². The number of carbonyl (C=O) groups excluding carboxylic acids is 2. The van der Waals surface area contributed by atoms with E-state index in [-0.39, 0.29) is 30.5 Å². The van der Waals surface area contributed by atoms with Crippen molar-refractivity contribution in [3.63, 3.8) is 0 Å². The van der Waals surface area contributed by atoms with Crippen molar-refractivity contribution >= 4 is 27.6 Å². The van der Waals surface area contributed by atoms with Crippen molar-refractivity contribution in [1.29, 1.82) is 0 Å². The minimum Gasteiger partial charge on any atom is -0.493 e. The van der Waals surface area contributed by atoms with Crippen LogP contribution in [0.2, 0.25) is 0 Å². The number of halogens is 2. The van der Waals surface area contributed by atoms with E-state index < -0.39 is 0 Å². The highest BCUT2D eigenvalue weighted by Crippen LogP contribution is 2.28. The Balaban J connectivity index is 1.76. The summed E-state index contributed by atoms with van der Waals surface area (Å²) in [5.74, 6) is 0.380. The van der Waals surface area contributed by atoms with Crippen LogP contribution >= 0.6 is 15.9 Å². The van der Waals surface area contributed by atoms with Crippen molar-refractivity contribution in [3.8, 4) is 11.5 Å². The second-order valence-corrected chi connectivity index (χ2v) is 6.80. The molecule has 0 radical (unpaired) electrons. The maximum Gasteiger partial charge on any atom is 0.220 e. The van der Waals surface area contributed by atoms with Crippen molar-refractivity contribution in [2.45, 2.75) is 26.3 Å². The van der Waals surface area contributed by atoms with Crippen LogP contribution in [0, 0.1) is 5.82 Å². The Morgan fingerprint density at radius 3 is 2.59 bits per heavy atom. The molecule has 0 aliphatic rings. The molecule has 0 spiro atoms. The topological polar surface area (TPSA) is 64.6 Å². The van der Waals surface area contributed by atoms with E-state index in [0.29, 0.717) is 40.1 Å². The van der Waals surface area contributed by atoms with Gasteiger partial charge in [0.15, 0.2) is 17.3 Å². The first-order valence-corrected chi connectivity index (χ1v) is 9.22. The van der Waals surface area contributed by atoms with Crippen molar-refractivity contribution in [2.75, 3.05) is 13.7 Å². The first kappa shape index (κ1) is 20.9. The van der Waals surface area contributed by atoms with Gasteiger partial charge in [-0.3, -0.25) is 9.59 Å². The van der Waals surface area contributed by atoms with Crippen LogP contribution in [0.4, 0.5) is 4.39 Å². The fraction of sp³-hybridized carbons (Fsp3) is 0.300. The Morgan fingerprint density at radius 1 is 1.15 bits per heavy atom. The number of hydrogen-bond donors (Lipinski definition) is 1. The summed E-state index contributed by atoms with van der Waals surface area (Å²) in [6.45, 7) is 1.93. The molecule has 2 rings (SSSR count). The lowest BCUT2D eigenvalue weighted by atomic mass is 10.1. The summed E-state index contributed by atoms with van der Waals surface area (Å²) in [4.78, 5) is 23.3. The maximum absolute atomic E-state index is 13.7. The van der Waals surface area contributed by atoms with Crippen LogP contribution in [0.3, 0.4) is 0 Å². The summed E-state index contributed by atoms with van der Waals surface area (Å²) in [5, 5.41) is 2.69. The average molecular weight is 438 g/mol. The molecule has 27 heavy (non-hydrogen) atoms. The Hall–Kier alpha value is -2.41. The molecule has 1 N–H and O–H groups in total. The van der Waals surface area contributed by atoms with Gasteiger partial charge in [-0.15, -0.1) is 0 Å². The van der Waals surface area contributed by atoms with Crippen molar-refractivity contribution < 1.29 is 23.5 Å². The monoisotopic (exact) mass is 437 g/mol. The van der Waals surface area contributed by atoms with Gasteiger partial charge in [-0.1, -0.05) is 22.0 Å². The fourth-order valence-electron chi connectivity index (χ4n) is 2.37. The quantitative estimate of drug-likeness (QED) is 0.469. The average Bonchev–Trinajstić information content (AvgIpc) is 2.64. The smallest absolute Gasteiger partial charge is 0.220 e. The van der Waals surface area contributed by atoms with Crippen molar-refractivity contribution in [3.05, 3.63) is 57.8 Å². The van der Waals surface area contributed by atoms with Crippen LogP contribution in [0.1, 0.15) is 35.7 Å². The first-order valence-electron chi connectivity index (χ1n) is 8.43. The second-order valence-electron chi connectivity index (χ2n) is 5.89. The number of carbonyl (C=O) groups is 2. The van der Waals surface area contributed by atoms with Crippen LogP contribution in [0.5, 0.6) is 11.5 Å². The van der Waals surface area contributed by atoms with Gasteiger partial charge >= 0.3 is 0 Å². The summed E-state index contributed by atoms with van der Waals surface area (Å²) in [6, 6.07) is 9.67. The van der Waals surface area contributed by atoms with Gasteiger partial charge in [-0.05, 0) is 43.7 Å². The zero-order chi connectivity index (χ0) is 19.8. The largest absolute Gasteiger partial charge is 0.493 e. The number of hydrogen-bond acceptors (Lipinski definition) is 4. The van der Waals surface area contributed by atoms with Gasteiger partial charge < -0.3 is 14.8 Å². The molecule has 0 bridgehead atoms. The van der Waals surface area contributed by atoms with Crippen LogP contribution < -0.4 is 14.8 Å². The number of methoxy groups -OCH3 is 1. The van der Waals surface area contributed by atoms with E-state index in [4.69, 9.17) is 9.47 Å². The fourth-order valence-corrected chi connectivity index (χ4v) is 2.70. The molecule has 0 aliphatic carbocycles. The number of nitrogens with one attached hydrogen (secondary N) is 1. The lowest BCUT2D eigenvalue weighted by Gasteiger charge is -2.11. The molecule has 0 saturated heterocycles. The van der Waals surface area contributed by atoms with E-state index in [9.17, 15) is 14.0 Å². The lowest BCUT2D eigenvalue weighted by Crippen LogP contribution is -2.23. The first-order chi connectivity index (χ1) is 12.9. The molecule has 2 aromatic rings. The van der Waals surface area contributed by atoms with Gasteiger partial charge in [0.25, 0.3) is 0 Å². The van der Waals surface area contributed by atoms with Crippen LogP contribution in [-0.4, -0.2) is 25.4 Å². The number of ketones is 1. The molecule has 0 saturated carbocycles. The van der Waals surface area contributed by atoms with Gasteiger partial charge in [0, 0.05) is 28.6 Å². The van der Waals surface area contributed by atoms with Crippen molar-refractivity contribution in [2.24, 2.45) is 0 Å². The van der Waals surface area contributed by atoms with Crippen molar-refractivity contribution in [1.82, 2.24) is 5.32 Å². The van der Waals surface area contributed by atoms with E-state index in [1.165, 1.54) is 20.1 Å². The zero-order valence-electron chi connectivity index (χ0n) is 15.2. The second kappa shape index (κ2) is 10.1. The minimum absolute atomic E-state index is 0.0567. The van der Waals surface area contributed by atoms with E-state index in [2.05, 4.69) is 21.2 Å². The highest BCUT2D eigenvalue weighted by atomic mass is 79.9. The van der Waals surface area contributed by atoms with Gasteiger partial charge in [-0.2, -0.15) is 0 Å². The molecule has 0 atom stereocenters. The molecular weight excluding hydrogens is 417 g/mol. The van der Waals surface area contributed by atoms with E-state index in [1.54, 1.807) is 30.3 Å². The number of Topliss-reactive ketones (excluding diaryl/α,β-unsaturated/α-hetero) is 1. The van der Waals surface area contributed by atoms with E-state index in [1.807, 2.05) is 0 Å². The van der Waals surface area contributed by atoms with Gasteiger partial charge in [0.05, 0.1) is 13.7 Å². The Bertz CT molecular complexity index is 826. The summed E-state index contributed by atoms with van der Waals surface area (Å²) in [7, 11) is 1.50. The van der Waals surface area contributed by atoms with Gasteiger partial charge in [0.2, 0.25) is 5.91 Å². The van der Waals surface area contributed by atoms with Crippen LogP contribution in [-0.2, 0) is 11.3 Å². The normalized spacial score (nSPS) is 10.4. The Labute approximate surface area is 166 Å². The molecule has 0 aromatic heterocycles. The number of ether oxygens (including phenoxy) is 2. The van der Waals surface area contributed by atoms with E-state index >= 15 is 0 Å². The molecular formula is C20H21BrFNO4. The molecule has 5 nitrogen and oxygen atoms in total. The third-order valence-electron chi connectivity index (χ3n) is 3.87.